The maximum atomic E-state index is 6.15. The molecule has 0 fully saturated rings. The van der Waals surface area contributed by atoms with Gasteiger partial charge < -0.3 is 11.5 Å². The molecule has 2 aromatic rings. The molecule has 0 saturated heterocycles. The van der Waals surface area contributed by atoms with Crippen molar-refractivity contribution in [2.75, 3.05) is 5.73 Å². The van der Waals surface area contributed by atoms with Crippen LogP contribution >= 0.6 is 27.5 Å². The Hall–Kier alpha value is -1.10. The number of aromatic nitrogens is 1. The van der Waals surface area contributed by atoms with Crippen molar-refractivity contribution in [3.8, 4) is 0 Å². The van der Waals surface area contributed by atoms with Crippen LogP contribution in [0.3, 0.4) is 0 Å². The van der Waals surface area contributed by atoms with E-state index in [0.29, 0.717) is 10.7 Å². The average Bonchev–Trinajstić information content (AvgIpc) is 2.32. The number of hydrogen-bond donors (Lipinski definition) is 2. The first-order valence-corrected chi connectivity index (χ1v) is 6.16. The Morgan fingerprint density at radius 1 is 1.29 bits per heavy atom. The van der Waals surface area contributed by atoms with Gasteiger partial charge in [-0.15, -0.1) is 0 Å². The van der Waals surface area contributed by atoms with Crippen molar-refractivity contribution in [3.63, 3.8) is 0 Å². The molecule has 0 aliphatic carbocycles. The Morgan fingerprint density at radius 3 is 2.71 bits per heavy atom. The van der Waals surface area contributed by atoms with Gasteiger partial charge in [-0.05, 0) is 39.7 Å². The number of nitrogens with zero attached hydrogens (tertiary/aromatic N) is 1. The van der Waals surface area contributed by atoms with E-state index in [2.05, 4.69) is 20.9 Å². The summed E-state index contributed by atoms with van der Waals surface area (Å²) in [4.78, 5) is 4.03. The third kappa shape index (κ3) is 2.60. The van der Waals surface area contributed by atoms with Crippen molar-refractivity contribution in [1.29, 1.82) is 0 Å². The van der Waals surface area contributed by atoms with E-state index < -0.39 is 0 Å². The minimum atomic E-state index is -0.308. The number of anilines is 1. The molecule has 1 unspecified atom stereocenters. The number of nitrogen functional groups attached to an aromatic ring is 1. The van der Waals surface area contributed by atoms with E-state index in [9.17, 15) is 0 Å². The molecule has 4 N–H and O–H groups in total. The zero-order valence-corrected chi connectivity index (χ0v) is 11.2. The Kier molecular flexibility index (Phi) is 3.66. The highest BCUT2D eigenvalue weighted by Gasteiger charge is 2.13. The van der Waals surface area contributed by atoms with Crippen LogP contribution in [0.1, 0.15) is 17.2 Å². The largest absolute Gasteiger partial charge is 0.398 e. The summed E-state index contributed by atoms with van der Waals surface area (Å²) in [5, 5.41) is 0.653. The van der Waals surface area contributed by atoms with Crippen molar-refractivity contribution in [1.82, 2.24) is 4.98 Å². The van der Waals surface area contributed by atoms with E-state index in [0.717, 1.165) is 15.6 Å². The predicted molar refractivity (Wildman–Crippen MR) is 73.8 cm³/mol. The van der Waals surface area contributed by atoms with Crippen LogP contribution in [0.15, 0.2) is 41.1 Å². The monoisotopic (exact) mass is 311 g/mol. The fraction of sp³-hybridized carbons (Fsp3) is 0.0833. The second-order valence-electron chi connectivity index (χ2n) is 3.66. The van der Waals surface area contributed by atoms with Crippen molar-refractivity contribution in [2.45, 2.75) is 6.04 Å². The van der Waals surface area contributed by atoms with E-state index in [-0.39, 0.29) is 6.04 Å². The molecule has 0 aliphatic heterocycles. The molecule has 1 atom stereocenters. The molecule has 5 heteroatoms. The molecule has 1 heterocycles. The Labute approximate surface area is 113 Å². The first-order valence-electron chi connectivity index (χ1n) is 4.99. The smallest absolute Gasteiger partial charge is 0.0587 e. The molecule has 17 heavy (non-hydrogen) atoms. The van der Waals surface area contributed by atoms with Gasteiger partial charge in [-0.25, -0.2) is 0 Å². The fourth-order valence-electron chi connectivity index (χ4n) is 1.56. The van der Waals surface area contributed by atoms with Gasteiger partial charge in [-0.3, -0.25) is 4.98 Å². The maximum Gasteiger partial charge on any atom is 0.0587 e. The molecule has 2 rings (SSSR count). The lowest BCUT2D eigenvalue weighted by Crippen LogP contribution is -2.14. The quantitative estimate of drug-likeness (QED) is 0.895. The molecule has 0 radical (unpaired) electrons. The molecule has 0 saturated carbocycles. The summed E-state index contributed by atoms with van der Waals surface area (Å²) in [5.74, 6) is 0. The van der Waals surface area contributed by atoms with Crippen LogP contribution in [0.2, 0.25) is 5.02 Å². The maximum absolute atomic E-state index is 6.15. The summed E-state index contributed by atoms with van der Waals surface area (Å²) in [7, 11) is 0. The normalized spacial score (nSPS) is 12.4. The van der Waals surface area contributed by atoms with Gasteiger partial charge >= 0.3 is 0 Å². The van der Waals surface area contributed by atoms with Gasteiger partial charge in [0, 0.05) is 28.1 Å². The molecule has 0 aliphatic rings. The number of rotatable bonds is 2. The van der Waals surface area contributed by atoms with Crippen molar-refractivity contribution < 1.29 is 0 Å². The van der Waals surface area contributed by atoms with E-state index >= 15 is 0 Å². The Morgan fingerprint density at radius 2 is 2.06 bits per heavy atom. The molecule has 88 valence electrons. The fourth-order valence-corrected chi connectivity index (χ4v) is 2.08. The third-order valence-electron chi connectivity index (χ3n) is 2.52. The van der Waals surface area contributed by atoms with Crippen molar-refractivity contribution in [3.05, 3.63) is 57.3 Å². The highest BCUT2D eigenvalue weighted by Crippen LogP contribution is 2.29. The topological polar surface area (TPSA) is 64.9 Å². The number of benzene rings is 1. The van der Waals surface area contributed by atoms with Crippen LogP contribution in [-0.2, 0) is 0 Å². The molecule has 0 spiro atoms. The van der Waals surface area contributed by atoms with Crippen LogP contribution < -0.4 is 11.5 Å². The van der Waals surface area contributed by atoms with E-state index in [4.69, 9.17) is 23.1 Å². The van der Waals surface area contributed by atoms with Crippen LogP contribution in [-0.4, -0.2) is 4.98 Å². The molecular formula is C12H11BrClN3. The zero-order chi connectivity index (χ0) is 12.4. The molecule has 1 aromatic carbocycles. The molecule has 3 nitrogen and oxygen atoms in total. The molecule has 0 bridgehead atoms. The number of pyridine rings is 1. The van der Waals surface area contributed by atoms with Gasteiger partial charge in [-0.1, -0.05) is 17.7 Å². The summed E-state index contributed by atoms with van der Waals surface area (Å²) >= 11 is 9.31. The second-order valence-corrected chi connectivity index (χ2v) is 4.92. The number of halogens is 2. The highest BCUT2D eigenvalue weighted by molar-refractivity contribution is 9.10. The zero-order valence-electron chi connectivity index (χ0n) is 8.90. The second kappa shape index (κ2) is 5.04. The Bertz CT molecular complexity index is 545. The van der Waals surface area contributed by atoms with Crippen LogP contribution in [0, 0.1) is 0 Å². The summed E-state index contributed by atoms with van der Waals surface area (Å²) in [5.41, 5.74) is 14.4. The minimum Gasteiger partial charge on any atom is -0.398 e. The highest BCUT2D eigenvalue weighted by atomic mass is 79.9. The van der Waals surface area contributed by atoms with Crippen molar-refractivity contribution in [2.24, 2.45) is 5.73 Å². The Balaban J connectivity index is 2.40. The SMILES string of the molecule is Nc1ccncc1C(N)c1ccc(Cl)c(Br)c1. The van der Waals surface area contributed by atoms with E-state index in [1.165, 1.54) is 0 Å². The van der Waals surface area contributed by atoms with E-state index in [1.54, 1.807) is 24.5 Å². The van der Waals surface area contributed by atoms with Gasteiger partial charge in [0.1, 0.15) is 0 Å². The molecular weight excluding hydrogens is 302 g/mol. The standard InChI is InChI=1S/C12H11BrClN3/c13-9-5-7(1-2-10(9)14)12(16)8-6-17-4-3-11(8)15/h1-6,12H,16H2,(H2,15,17). The minimum absolute atomic E-state index is 0.308. The number of hydrogen-bond acceptors (Lipinski definition) is 3. The predicted octanol–water partition coefficient (Wildman–Crippen LogP) is 3.13. The lowest BCUT2D eigenvalue weighted by molar-refractivity contribution is 0.866. The third-order valence-corrected chi connectivity index (χ3v) is 3.74. The van der Waals surface area contributed by atoms with Crippen LogP contribution in [0.25, 0.3) is 0 Å². The van der Waals surface area contributed by atoms with Gasteiger partial charge in [0.15, 0.2) is 0 Å². The van der Waals surface area contributed by atoms with Crippen molar-refractivity contribution >= 4 is 33.2 Å². The summed E-state index contributed by atoms with van der Waals surface area (Å²) in [6, 6.07) is 6.99. The lowest BCUT2D eigenvalue weighted by Gasteiger charge is -2.14. The average molecular weight is 313 g/mol. The summed E-state index contributed by atoms with van der Waals surface area (Å²) in [6.07, 6.45) is 3.33. The number of nitrogens with two attached hydrogens (primary N) is 2. The molecule has 1 aromatic heterocycles. The van der Waals surface area contributed by atoms with Crippen LogP contribution in [0.4, 0.5) is 5.69 Å². The van der Waals surface area contributed by atoms with E-state index in [1.807, 2.05) is 12.1 Å². The van der Waals surface area contributed by atoms with Gasteiger partial charge in [0.2, 0.25) is 0 Å². The van der Waals surface area contributed by atoms with Gasteiger partial charge in [0.05, 0.1) is 11.1 Å². The molecule has 0 amide bonds. The van der Waals surface area contributed by atoms with Gasteiger partial charge in [-0.2, -0.15) is 0 Å². The first-order chi connectivity index (χ1) is 8.09. The summed E-state index contributed by atoms with van der Waals surface area (Å²) in [6.45, 7) is 0. The van der Waals surface area contributed by atoms with Crippen LogP contribution in [0.5, 0.6) is 0 Å². The van der Waals surface area contributed by atoms with Gasteiger partial charge in [0.25, 0.3) is 0 Å². The lowest BCUT2D eigenvalue weighted by atomic mass is 10.00. The summed E-state index contributed by atoms with van der Waals surface area (Å²) < 4.78 is 0.814. The first kappa shape index (κ1) is 12.4.